The molecule has 0 aliphatic heterocycles. The van der Waals surface area contributed by atoms with E-state index in [1.165, 1.54) is 18.5 Å². The minimum Gasteiger partial charge on any atom is -0.352 e. The Morgan fingerprint density at radius 1 is 1.04 bits per heavy atom. The van der Waals surface area contributed by atoms with Crippen molar-refractivity contribution < 1.29 is 22.8 Å². The van der Waals surface area contributed by atoms with Crippen LogP contribution in [0.25, 0.3) is 0 Å². The first-order chi connectivity index (χ1) is 12.7. The quantitative estimate of drug-likeness (QED) is 0.793. The standard InChI is InChI=1S/C19H20F3N3O2/c1-12(2)7-8-24-17(26)13-9-14(11-23-10-13)18(27)25-16-5-3-15(4-6-16)19(20,21)22/h3-6,9-12H,7-8H2,1-2H3,(H,24,26)(H,25,27). The molecule has 0 aliphatic carbocycles. The van der Waals surface area contributed by atoms with Crippen molar-refractivity contribution in [2.75, 3.05) is 11.9 Å². The van der Waals surface area contributed by atoms with E-state index in [4.69, 9.17) is 0 Å². The summed E-state index contributed by atoms with van der Waals surface area (Å²) in [5, 5.41) is 5.23. The van der Waals surface area contributed by atoms with Gasteiger partial charge in [0.25, 0.3) is 11.8 Å². The monoisotopic (exact) mass is 379 g/mol. The van der Waals surface area contributed by atoms with Gasteiger partial charge in [-0.25, -0.2) is 0 Å². The van der Waals surface area contributed by atoms with Gasteiger partial charge in [0.15, 0.2) is 0 Å². The SMILES string of the molecule is CC(C)CCNC(=O)c1cncc(C(=O)Nc2ccc(C(F)(F)F)cc2)c1. The van der Waals surface area contributed by atoms with Gasteiger partial charge in [0.1, 0.15) is 0 Å². The number of nitrogens with zero attached hydrogens (tertiary/aromatic N) is 1. The smallest absolute Gasteiger partial charge is 0.352 e. The fraction of sp³-hybridized carbons (Fsp3) is 0.316. The summed E-state index contributed by atoms with van der Waals surface area (Å²) in [6, 6.07) is 5.48. The van der Waals surface area contributed by atoms with Crippen LogP contribution in [-0.4, -0.2) is 23.3 Å². The molecule has 8 heteroatoms. The number of anilines is 1. The lowest BCUT2D eigenvalue weighted by molar-refractivity contribution is -0.137. The molecule has 0 saturated carbocycles. The molecule has 2 rings (SSSR count). The Labute approximate surface area is 155 Å². The molecule has 5 nitrogen and oxygen atoms in total. The van der Waals surface area contributed by atoms with Crippen molar-refractivity contribution in [3.05, 3.63) is 59.4 Å². The maximum atomic E-state index is 12.6. The number of hydrogen-bond acceptors (Lipinski definition) is 3. The number of aromatic nitrogens is 1. The van der Waals surface area contributed by atoms with E-state index in [1.54, 1.807) is 0 Å². The van der Waals surface area contributed by atoms with Gasteiger partial charge < -0.3 is 10.6 Å². The number of pyridine rings is 1. The Kier molecular flexibility index (Phi) is 6.55. The summed E-state index contributed by atoms with van der Waals surface area (Å²) in [6.45, 7) is 4.60. The summed E-state index contributed by atoms with van der Waals surface area (Å²) < 4.78 is 37.7. The Bertz CT molecular complexity index is 803. The number of alkyl halides is 3. The van der Waals surface area contributed by atoms with Crippen LogP contribution in [0.5, 0.6) is 0 Å². The van der Waals surface area contributed by atoms with Crippen LogP contribution >= 0.6 is 0 Å². The molecule has 27 heavy (non-hydrogen) atoms. The number of carbonyl (C=O) groups excluding carboxylic acids is 2. The molecule has 2 N–H and O–H groups in total. The summed E-state index contributed by atoms with van der Waals surface area (Å²) in [7, 11) is 0. The Hall–Kier alpha value is -2.90. The lowest BCUT2D eigenvalue weighted by atomic mass is 10.1. The number of nitrogens with one attached hydrogen (secondary N) is 2. The van der Waals surface area contributed by atoms with Crippen LogP contribution in [0, 0.1) is 5.92 Å². The Morgan fingerprint density at radius 3 is 2.19 bits per heavy atom. The normalized spacial score (nSPS) is 11.3. The van der Waals surface area contributed by atoms with E-state index in [2.05, 4.69) is 15.6 Å². The number of amides is 2. The van der Waals surface area contributed by atoms with Crippen molar-refractivity contribution in [3.8, 4) is 0 Å². The van der Waals surface area contributed by atoms with Gasteiger partial charge in [-0.1, -0.05) is 13.8 Å². The lowest BCUT2D eigenvalue weighted by Gasteiger charge is -2.10. The van der Waals surface area contributed by atoms with E-state index >= 15 is 0 Å². The number of rotatable bonds is 6. The zero-order valence-corrected chi connectivity index (χ0v) is 14.9. The van der Waals surface area contributed by atoms with E-state index in [9.17, 15) is 22.8 Å². The maximum Gasteiger partial charge on any atom is 0.416 e. The van der Waals surface area contributed by atoms with Crippen molar-refractivity contribution >= 4 is 17.5 Å². The second kappa shape index (κ2) is 8.66. The summed E-state index contributed by atoms with van der Waals surface area (Å²) in [6.07, 6.45) is -0.985. The number of benzene rings is 1. The van der Waals surface area contributed by atoms with Crippen LogP contribution in [-0.2, 0) is 6.18 Å². The Morgan fingerprint density at radius 2 is 1.63 bits per heavy atom. The molecule has 0 fully saturated rings. The van der Waals surface area contributed by atoms with Crippen molar-refractivity contribution in [1.82, 2.24) is 10.3 Å². The first kappa shape index (κ1) is 20.4. The predicted molar refractivity (Wildman–Crippen MR) is 95.4 cm³/mol. The van der Waals surface area contributed by atoms with Crippen molar-refractivity contribution in [2.45, 2.75) is 26.4 Å². The molecule has 0 saturated heterocycles. The minimum absolute atomic E-state index is 0.131. The lowest BCUT2D eigenvalue weighted by Crippen LogP contribution is -2.26. The zero-order valence-electron chi connectivity index (χ0n) is 14.9. The van der Waals surface area contributed by atoms with Crippen molar-refractivity contribution in [2.24, 2.45) is 5.92 Å². The minimum atomic E-state index is -4.44. The highest BCUT2D eigenvalue weighted by Gasteiger charge is 2.30. The van der Waals surface area contributed by atoms with Crippen LogP contribution in [0.2, 0.25) is 0 Å². The molecular weight excluding hydrogens is 359 g/mol. The largest absolute Gasteiger partial charge is 0.416 e. The molecule has 0 radical (unpaired) electrons. The van der Waals surface area contributed by atoms with Crippen LogP contribution in [0.3, 0.4) is 0 Å². The molecule has 1 heterocycles. The molecule has 1 aromatic carbocycles. The van der Waals surface area contributed by atoms with E-state index in [-0.39, 0.29) is 22.7 Å². The van der Waals surface area contributed by atoms with Gasteiger partial charge >= 0.3 is 6.18 Å². The van der Waals surface area contributed by atoms with Crippen LogP contribution in [0.15, 0.2) is 42.7 Å². The van der Waals surface area contributed by atoms with Gasteiger partial charge in [0, 0.05) is 24.6 Å². The molecule has 1 aromatic heterocycles. The zero-order chi connectivity index (χ0) is 20.0. The third kappa shape index (κ3) is 6.09. The van der Waals surface area contributed by atoms with Gasteiger partial charge in [0.2, 0.25) is 0 Å². The molecule has 0 atom stereocenters. The van der Waals surface area contributed by atoms with Crippen molar-refractivity contribution in [1.29, 1.82) is 0 Å². The van der Waals surface area contributed by atoms with Crippen molar-refractivity contribution in [3.63, 3.8) is 0 Å². The summed E-state index contributed by atoms with van der Waals surface area (Å²) in [4.78, 5) is 28.3. The van der Waals surface area contributed by atoms with Crippen LogP contribution in [0.4, 0.5) is 18.9 Å². The average Bonchev–Trinajstić information content (AvgIpc) is 2.61. The number of halogens is 3. The van der Waals surface area contributed by atoms with E-state index in [0.717, 1.165) is 30.7 Å². The third-order valence-electron chi connectivity index (χ3n) is 3.74. The summed E-state index contributed by atoms with van der Waals surface area (Å²) in [5.74, 6) is -0.462. The van der Waals surface area contributed by atoms with Gasteiger partial charge in [-0.2, -0.15) is 13.2 Å². The second-order valence-electron chi connectivity index (χ2n) is 6.43. The van der Waals surface area contributed by atoms with Gasteiger partial charge in [-0.15, -0.1) is 0 Å². The molecule has 2 amide bonds. The highest BCUT2D eigenvalue weighted by molar-refractivity contribution is 6.05. The topological polar surface area (TPSA) is 71.1 Å². The third-order valence-corrected chi connectivity index (χ3v) is 3.74. The molecule has 144 valence electrons. The predicted octanol–water partition coefficient (Wildman–Crippen LogP) is 4.13. The molecule has 2 aromatic rings. The fourth-order valence-electron chi connectivity index (χ4n) is 2.21. The molecular formula is C19H20F3N3O2. The molecule has 0 bridgehead atoms. The van der Waals surface area contributed by atoms with E-state index in [1.807, 2.05) is 13.8 Å². The fourth-order valence-corrected chi connectivity index (χ4v) is 2.21. The number of carbonyl (C=O) groups is 2. The van der Waals surface area contributed by atoms with Crippen LogP contribution < -0.4 is 10.6 Å². The van der Waals surface area contributed by atoms with E-state index in [0.29, 0.717) is 12.5 Å². The maximum absolute atomic E-state index is 12.6. The molecule has 0 unspecified atom stereocenters. The summed E-state index contributed by atoms with van der Waals surface area (Å²) in [5.41, 5.74) is -0.229. The second-order valence-corrected chi connectivity index (χ2v) is 6.43. The highest BCUT2D eigenvalue weighted by Crippen LogP contribution is 2.29. The van der Waals surface area contributed by atoms with Crippen LogP contribution in [0.1, 0.15) is 46.5 Å². The Balaban J connectivity index is 2.03. The highest BCUT2D eigenvalue weighted by atomic mass is 19.4. The average molecular weight is 379 g/mol. The van der Waals surface area contributed by atoms with Gasteiger partial charge in [-0.3, -0.25) is 14.6 Å². The van der Waals surface area contributed by atoms with Gasteiger partial charge in [0.05, 0.1) is 16.7 Å². The number of hydrogen-bond donors (Lipinski definition) is 2. The first-order valence-electron chi connectivity index (χ1n) is 8.38. The van der Waals surface area contributed by atoms with Gasteiger partial charge in [-0.05, 0) is 42.7 Å². The molecule has 0 spiro atoms. The molecule has 0 aliphatic rings. The summed E-state index contributed by atoms with van der Waals surface area (Å²) >= 11 is 0. The van der Waals surface area contributed by atoms with E-state index < -0.39 is 17.6 Å². The first-order valence-corrected chi connectivity index (χ1v) is 8.38.